The average Bonchev–Trinajstić information content (AvgIpc) is 2.47. The smallest absolute Gasteiger partial charge is 0.330 e. The Labute approximate surface area is 118 Å². The second kappa shape index (κ2) is 6.33. The fourth-order valence-corrected chi connectivity index (χ4v) is 2.60. The van der Waals surface area contributed by atoms with Crippen molar-refractivity contribution in [2.24, 2.45) is 0 Å². The van der Waals surface area contributed by atoms with Crippen LogP contribution >= 0.6 is 0 Å². The highest BCUT2D eigenvalue weighted by Crippen LogP contribution is 2.30. The van der Waals surface area contributed by atoms with Gasteiger partial charge in [0.05, 0.1) is 6.61 Å². The molecule has 0 amide bonds. The van der Waals surface area contributed by atoms with Crippen LogP contribution in [0.15, 0.2) is 24.3 Å². The van der Waals surface area contributed by atoms with E-state index in [1.54, 1.807) is 19.1 Å². The second-order valence-corrected chi connectivity index (χ2v) is 5.04. The predicted octanol–water partition coefficient (Wildman–Crippen LogP) is 1.51. The van der Waals surface area contributed by atoms with Crippen molar-refractivity contribution in [3.8, 4) is 0 Å². The lowest BCUT2D eigenvalue weighted by Gasteiger charge is -2.41. The van der Waals surface area contributed by atoms with Gasteiger partial charge < -0.3 is 10.1 Å². The SMILES string of the molecule is CCOC(=O)C(C)(c1cccc(F)c1)N1CCNCC1. The molecule has 1 aromatic rings. The molecule has 0 aromatic heterocycles. The van der Waals surface area contributed by atoms with Gasteiger partial charge in [-0.05, 0) is 31.5 Å². The summed E-state index contributed by atoms with van der Waals surface area (Å²) in [6.45, 7) is 6.98. The average molecular weight is 280 g/mol. The van der Waals surface area contributed by atoms with E-state index in [-0.39, 0.29) is 11.8 Å². The Bertz CT molecular complexity index is 475. The Morgan fingerprint density at radius 3 is 2.75 bits per heavy atom. The molecule has 1 aliphatic heterocycles. The molecule has 1 unspecified atom stereocenters. The van der Waals surface area contributed by atoms with Crippen LogP contribution in [0.2, 0.25) is 0 Å². The largest absolute Gasteiger partial charge is 0.464 e. The highest BCUT2D eigenvalue weighted by atomic mass is 19.1. The van der Waals surface area contributed by atoms with Crippen molar-refractivity contribution in [2.45, 2.75) is 19.4 Å². The maximum Gasteiger partial charge on any atom is 0.330 e. The van der Waals surface area contributed by atoms with Gasteiger partial charge in [0.2, 0.25) is 0 Å². The molecule has 0 radical (unpaired) electrons. The molecule has 2 rings (SSSR count). The normalized spacial score (nSPS) is 19.4. The minimum atomic E-state index is -0.944. The Morgan fingerprint density at radius 2 is 2.15 bits per heavy atom. The highest BCUT2D eigenvalue weighted by Gasteiger charge is 2.43. The third-order valence-corrected chi connectivity index (χ3v) is 3.81. The van der Waals surface area contributed by atoms with Crippen LogP contribution in [0.5, 0.6) is 0 Å². The Kier molecular flexibility index (Phi) is 4.73. The zero-order valence-corrected chi connectivity index (χ0v) is 12.0. The fraction of sp³-hybridized carbons (Fsp3) is 0.533. The number of hydrogen-bond donors (Lipinski definition) is 1. The number of nitrogens with one attached hydrogen (secondary N) is 1. The number of carbonyl (C=O) groups is 1. The van der Waals surface area contributed by atoms with Crippen LogP contribution in [0, 0.1) is 5.82 Å². The van der Waals surface area contributed by atoms with Gasteiger partial charge in [0, 0.05) is 26.2 Å². The molecule has 5 heteroatoms. The van der Waals surface area contributed by atoms with E-state index in [4.69, 9.17) is 4.74 Å². The minimum Gasteiger partial charge on any atom is -0.464 e. The fourth-order valence-electron chi connectivity index (χ4n) is 2.60. The summed E-state index contributed by atoms with van der Waals surface area (Å²) in [5.41, 5.74) is -0.307. The third-order valence-electron chi connectivity index (χ3n) is 3.81. The summed E-state index contributed by atoms with van der Waals surface area (Å²) < 4.78 is 18.8. The van der Waals surface area contributed by atoms with Gasteiger partial charge in [0.1, 0.15) is 11.4 Å². The molecule has 110 valence electrons. The molecule has 1 aliphatic rings. The highest BCUT2D eigenvalue weighted by molar-refractivity contribution is 5.82. The summed E-state index contributed by atoms with van der Waals surface area (Å²) >= 11 is 0. The first-order valence-electron chi connectivity index (χ1n) is 6.98. The van der Waals surface area contributed by atoms with Crippen molar-refractivity contribution in [3.63, 3.8) is 0 Å². The molecule has 20 heavy (non-hydrogen) atoms. The van der Waals surface area contributed by atoms with Crippen LogP contribution in [0.25, 0.3) is 0 Å². The predicted molar refractivity (Wildman–Crippen MR) is 74.8 cm³/mol. The molecule has 1 atom stereocenters. The number of hydrogen-bond acceptors (Lipinski definition) is 4. The Balaban J connectivity index is 2.39. The van der Waals surface area contributed by atoms with E-state index in [1.807, 2.05) is 6.92 Å². The summed E-state index contributed by atoms with van der Waals surface area (Å²) in [4.78, 5) is 14.5. The first-order chi connectivity index (χ1) is 9.59. The summed E-state index contributed by atoms with van der Waals surface area (Å²) in [7, 11) is 0. The van der Waals surface area contributed by atoms with Gasteiger partial charge in [0.15, 0.2) is 0 Å². The molecular weight excluding hydrogens is 259 g/mol. The molecule has 4 nitrogen and oxygen atoms in total. The van der Waals surface area contributed by atoms with Crippen LogP contribution < -0.4 is 5.32 Å². The lowest BCUT2D eigenvalue weighted by Crippen LogP contribution is -2.57. The Hall–Kier alpha value is -1.46. The van der Waals surface area contributed by atoms with Crippen LogP contribution in [0.3, 0.4) is 0 Å². The van der Waals surface area contributed by atoms with E-state index in [0.717, 1.165) is 26.2 Å². The number of carbonyl (C=O) groups excluding carboxylic acids is 1. The van der Waals surface area contributed by atoms with E-state index in [1.165, 1.54) is 12.1 Å². The van der Waals surface area contributed by atoms with Gasteiger partial charge in [-0.2, -0.15) is 0 Å². The number of esters is 1. The van der Waals surface area contributed by atoms with Crippen LogP contribution in [-0.2, 0) is 15.1 Å². The number of piperazine rings is 1. The van der Waals surface area contributed by atoms with E-state index >= 15 is 0 Å². The summed E-state index contributed by atoms with van der Waals surface area (Å²) in [6.07, 6.45) is 0. The standard InChI is InChI=1S/C15H21FN2O2/c1-3-20-14(19)15(2,18-9-7-17-8-10-18)12-5-4-6-13(16)11-12/h4-6,11,17H,3,7-10H2,1-2H3. The summed E-state index contributed by atoms with van der Waals surface area (Å²) in [5, 5.41) is 3.25. The van der Waals surface area contributed by atoms with Crippen LogP contribution in [-0.4, -0.2) is 43.7 Å². The van der Waals surface area contributed by atoms with E-state index in [2.05, 4.69) is 10.2 Å². The van der Waals surface area contributed by atoms with Gasteiger partial charge in [-0.1, -0.05) is 12.1 Å². The van der Waals surface area contributed by atoms with Crippen molar-refractivity contribution < 1.29 is 13.9 Å². The van der Waals surface area contributed by atoms with Crippen LogP contribution in [0.1, 0.15) is 19.4 Å². The summed E-state index contributed by atoms with van der Waals surface area (Å²) in [5.74, 6) is -0.666. The molecule has 1 saturated heterocycles. The zero-order valence-electron chi connectivity index (χ0n) is 12.0. The zero-order chi connectivity index (χ0) is 14.6. The minimum absolute atomic E-state index is 0.315. The molecule has 0 aliphatic carbocycles. The van der Waals surface area contributed by atoms with Gasteiger partial charge >= 0.3 is 5.97 Å². The molecule has 1 heterocycles. The van der Waals surface area contributed by atoms with Gasteiger partial charge in [0.25, 0.3) is 0 Å². The number of ether oxygens (including phenoxy) is 1. The van der Waals surface area contributed by atoms with Crippen molar-refractivity contribution in [1.82, 2.24) is 10.2 Å². The number of benzene rings is 1. The topological polar surface area (TPSA) is 41.6 Å². The molecule has 0 spiro atoms. The maximum absolute atomic E-state index is 13.5. The summed E-state index contributed by atoms with van der Waals surface area (Å²) in [6, 6.07) is 6.21. The Morgan fingerprint density at radius 1 is 1.45 bits per heavy atom. The number of nitrogens with zero attached hydrogens (tertiary/aromatic N) is 1. The molecular formula is C15H21FN2O2. The van der Waals surface area contributed by atoms with Crippen molar-refractivity contribution in [1.29, 1.82) is 0 Å². The molecule has 0 saturated carbocycles. The lowest BCUT2D eigenvalue weighted by molar-refractivity contribution is -0.158. The number of rotatable bonds is 4. The second-order valence-electron chi connectivity index (χ2n) is 5.04. The first-order valence-corrected chi connectivity index (χ1v) is 6.98. The first kappa shape index (κ1) is 14.9. The van der Waals surface area contributed by atoms with Gasteiger partial charge in [-0.3, -0.25) is 4.90 Å². The van der Waals surface area contributed by atoms with Gasteiger partial charge in [-0.25, -0.2) is 9.18 Å². The molecule has 0 bridgehead atoms. The van der Waals surface area contributed by atoms with Crippen LogP contribution in [0.4, 0.5) is 4.39 Å². The monoisotopic (exact) mass is 280 g/mol. The lowest BCUT2D eigenvalue weighted by atomic mass is 9.89. The van der Waals surface area contributed by atoms with E-state index in [9.17, 15) is 9.18 Å². The van der Waals surface area contributed by atoms with E-state index in [0.29, 0.717) is 12.2 Å². The number of halogens is 1. The van der Waals surface area contributed by atoms with Crippen molar-refractivity contribution in [2.75, 3.05) is 32.8 Å². The van der Waals surface area contributed by atoms with Gasteiger partial charge in [-0.15, -0.1) is 0 Å². The van der Waals surface area contributed by atoms with Crippen molar-refractivity contribution >= 4 is 5.97 Å². The third kappa shape index (κ3) is 2.83. The van der Waals surface area contributed by atoms with Crippen molar-refractivity contribution in [3.05, 3.63) is 35.6 Å². The molecule has 1 fully saturated rings. The molecule has 1 aromatic carbocycles. The molecule has 1 N–H and O–H groups in total. The quantitative estimate of drug-likeness (QED) is 0.849. The maximum atomic E-state index is 13.5. The van der Waals surface area contributed by atoms with E-state index < -0.39 is 5.54 Å².